The SMILES string of the molecule is COc1c(C)cc(C2CC(C(=O)O)CN2)cc1C#N. The van der Waals surface area contributed by atoms with Crippen LogP contribution < -0.4 is 10.1 Å². The largest absolute Gasteiger partial charge is 0.495 e. The Labute approximate surface area is 111 Å². The monoisotopic (exact) mass is 260 g/mol. The fourth-order valence-corrected chi connectivity index (χ4v) is 2.53. The van der Waals surface area contributed by atoms with E-state index in [0.717, 1.165) is 11.1 Å². The minimum absolute atomic E-state index is 0.0159. The lowest BCUT2D eigenvalue weighted by atomic mass is 9.96. The van der Waals surface area contributed by atoms with Gasteiger partial charge in [0.15, 0.2) is 0 Å². The summed E-state index contributed by atoms with van der Waals surface area (Å²) in [6.45, 7) is 2.35. The lowest BCUT2D eigenvalue weighted by Crippen LogP contribution is -2.17. The zero-order valence-electron chi connectivity index (χ0n) is 10.9. The third kappa shape index (κ3) is 2.54. The highest BCUT2D eigenvalue weighted by molar-refractivity contribution is 5.71. The van der Waals surface area contributed by atoms with Gasteiger partial charge in [0, 0.05) is 12.6 Å². The van der Waals surface area contributed by atoms with Crippen molar-refractivity contribution in [2.75, 3.05) is 13.7 Å². The average Bonchev–Trinajstić information content (AvgIpc) is 2.87. The summed E-state index contributed by atoms with van der Waals surface area (Å²) in [5.41, 5.74) is 2.31. The lowest BCUT2D eigenvalue weighted by molar-refractivity contribution is -0.141. The van der Waals surface area contributed by atoms with E-state index >= 15 is 0 Å². The Balaban J connectivity index is 2.30. The van der Waals surface area contributed by atoms with E-state index in [1.54, 1.807) is 6.07 Å². The van der Waals surface area contributed by atoms with E-state index in [1.807, 2.05) is 13.0 Å². The molecule has 1 aliphatic rings. The highest BCUT2D eigenvalue weighted by Gasteiger charge is 2.30. The number of carboxylic acids is 1. The van der Waals surface area contributed by atoms with Crippen LogP contribution in [0.25, 0.3) is 0 Å². The molecule has 2 atom stereocenters. The van der Waals surface area contributed by atoms with Crippen LogP contribution in [0.5, 0.6) is 5.75 Å². The highest BCUT2D eigenvalue weighted by Crippen LogP contribution is 2.32. The predicted octanol–water partition coefficient (Wildman–Crippen LogP) is 1.61. The molecule has 1 aromatic rings. The van der Waals surface area contributed by atoms with Gasteiger partial charge in [-0.05, 0) is 30.5 Å². The first-order valence-electron chi connectivity index (χ1n) is 6.11. The quantitative estimate of drug-likeness (QED) is 0.862. The summed E-state index contributed by atoms with van der Waals surface area (Å²) in [5, 5.41) is 21.3. The topological polar surface area (TPSA) is 82.3 Å². The molecule has 0 aromatic heterocycles. The minimum Gasteiger partial charge on any atom is -0.495 e. The van der Waals surface area contributed by atoms with Gasteiger partial charge in [0.1, 0.15) is 11.8 Å². The van der Waals surface area contributed by atoms with Crippen LogP contribution in [-0.4, -0.2) is 24.7 Å². The number of carboxylic acid groups (broad SMARTS) is 1. The van der Waals surface area contributed by atoms with Crippen molar-refractivity contribution in [3.05, 3.63) is 28.8 Å². The molecule has 1 heterocycles. The number of nitriles is 1. The molecule has 5 nitrogen and oxygen atoms in total. The second-order valence-corrected chi connectivity index (χ2v) is 4.76. The number of aryl methyl sites for hydroxylation is 1. The number of hydrogen-bond donors (Lipinski definition) is 2. The number of methoxy groups -OCH3 is 1. The second-order valence-electron chi connectivity index (χ2n) is 4.76. The van der Waals surface area contributed by atoms with E-state index in [0.29, 0.717) is 24.3 Å². The van der Waals surface area contributed by atoms with Crippen molar-refractivity contribution in [3.63, 3.8) is 0 Å². The summed E-state index contributed by atoms with van der Waals surface area (Å²) in [6.07, 6.45) is 0.548. The molecule has 2 rings (SSSR count). The first-order valence-corrected chi connectivity index (χ1v) is 6.11. The number of benzene rings is 1. The Kier molecular flexibility index (Phi) is 3.72. The number of nitrogens with zero attached hydrogens (tertiary/aromatic N) is 1. The molecular formula is C14H16N2O3. The summed E-state index contributed by atoms with van der Waals surface area (Å²) in [6, 6.07) is 5.82. The second kappa shape index (κ2) is 5.29. The molecule has 19 heavy (non-hydrogen) atoms. The van der Waals surface area contributed by atoms with Gasteiger partial charge in [0.2, 0.25) is 0 Å². The van der Waals surface area contributed by atoms with Gasteiger partial charge in [0.25, 0.3) is 0 Å². The maximum atomic E-state index is 11.0. The average molecular weight is 260 g/mol. The summed E-state index contributed by atoms with van der Waals surface area (Å²) in [5.74, 6) is -0.558. The van der Waals surface area contributed by atoms with Crippen LogP contribution in [0.15, 0.2) is 12.1 Å². The van der Waals surface area contributed by atoms with Crippen LogP contribution in [0, 0.1) is 24.2 Å². The third-order valence-corrected chi connectivity index (χ3v) is 3.50. The normalized spacial score (nSPS) is 21.9. The molecule has 1 fully saturated rings. The van der Waals surface area contributed by atoms with Crippen LogP contribution in [0.4, 0.5) is 0 Å². The molecule has 0 bridgehead atoms. The van der Waals surface area contributed by atoms with Crippen molar-refractivity contribution in [2.45, 2.75) is 19.4 Å². The van der Waals surface area contributed by atoms with E-state index in [1.165, 1.54) is 7.11 Å². The Morgan fingerprint density at radius 1 is 1.58 bits per heavy atom. The number of ether oxygens (including phenoxy) is 1. The molecule has 1 aliphatic heterocycles. The van der Waals surface area contributed by atoms with Gasteiger partial charge in [0.05, 0.1) is 18.6 Å². The van der Waals surface area contributed by atoms with E-state index in [2.05, 4.69) is 11.4 Å². The third-order valence-electron chi connectivity index (χ3n) is 3.50. The van der Waals surface area contributed by atoms with Gasteiger partial charge < -0.3 is 15.2 Å². The fourth-order valence-electron chi connectivity index (χ4n) is 2.53. The molecule has 0 aliphatic carbocycles. The molecule has 2 unspecified atom stereocenters. The maximum Gasteiger partial charge on any atom is 0.307 e. The molecule has 1 saturated heterocycles. The van der Waals surface area contributed by atoms with Crippen molar-refractivity contribution in [2.24, 2.45) is 5.92 Å². The van der Waals surface area contributed by atoms with Crippen LogP contribution in [-0.2, 0) is 4.79 Å². The van der Waals surface area contributed by atoms with Gasteiger partial charge >= 0.3 is 5.97 Å². The zero-order chi connectivity index (χ0) is 14.0. The molecule has 0 spiro atoms. The minimum atomic E-state index is -0.777. The standard InChI is InChI=1S/C14H16N2O3/c1-8-3-9(4-10(6-15)13(8)19-2)12-5-11(7-16-12)14(17)18/h3-4,11-12,16H,5,7H2,1-2H3,(H,17,18). The van der Waals surface area contributed by atoms with Crippen molar-refractivity contribution in [3.8, 4) is 11.8 Å². The highest BCUT2D eigenvalue weighted by atomic mass is 16.5. The number of aliphatic carboxylic acids is 1. The first-order chi connectivity index (χ1) is 9.06. The Morgan fingerprint density at radius 2 is 2.32 bits per heavy atom. The molecule has 100 valence electrons. The van der Waals surface area contributed by atoms with Crippen LogP contribution >= 0.6 is 0 Å². The number of carbonyl (C=O) groups is 1. The molecule has 0 saturated carbocycles. The molecule has 5 heteroatoms. The van der Waals surface area contributed by atoms with Crippen molar-refractivity contribution in [1.29, 1.82) is 5.26 Å². The van der Waals surface area contributed by atoms with Gasteiger partial charge in [-0.1, -0.05) is 6.07 Å². The van der Waals surface area contributed by atoms with Gasteiger partial charge in [-0.25, -0.2) is 0 Å². The predicted molar refractivity (Wildman–Crippen MR) is 68.9 cm³/mol. The van der Waals surface area contributed by atoms with E-state index in [9.17, 15) is 4.79 Å². The summed E-state index contributed by atoms with van der Waals surface area (Å²) >= 11 is 0. The van der Waals surface area contributed by atoms with Crippen LogP contribution in [0.2, 0.25) is 0 Å². The fraction of sp³-hybridized carbons (Fsp3) is 0.429. The number of nitrogens with one attached hydrogen (secondary N) is 1. The Morgan fingerprint density at radius 3 is 2.84 bits per heavy atom. The van der Waals surface area contributed by atoms with Crippen molar-refractivity contribution in [1.82, 2.24) is 5.32 Å². The van der Waals surface area contributed by atoms with E-state index in [4.69, 9.17) is 15.1 Å². The summed E-state index contributed by atoms with van der Waals surface area (Å²) in [4.78, 5) is 11.0. The molecule has 1 aromatic carbocycles. The van der Waals surface area contributed by atoms with Crippen molar-refractivity contribution >= 4 is 5.97 Å². The van der Waals surface area contributed by atoms with Gasteiger partial charge in [-0.3, -0.25) is 4.79 Å². The summed E-state index contributed by atoms with van der Waals surface area (Å²) in [7, 11) is 1.54. The van der Waals surface area contributed by atoms with E-state index in [-0.39, 0.29) is 12.0 Å². The van der Waals surface area contributed by atoms with Gasteiger partial charge in [-0.15, -0.1) is 0 Å². The van der Waals surface area contributed by atoms with E-state index < -0.39 is 5.97 Å². The van der Waals surface area contributed by atoms with Crippen LogP contribution in [0.3, 0.4) is 0 Å². The first kappa shape index (κ1) is 13.4. The number of rotatable bonds is 3. The zero-order valence-corrected chi connectivity index (χ0v) is 10.9. The molecule has 0 radical (unpaired) electrons. The molecule has 0 amide bonds. The lowest BCUT2D eigenvalue weighted by Gasteiger charge is -2.14. The molecular weight excluding hydrogens is 244 g/mol. The van der Waals surface area contributed by atoms with Gasteiger partial charge in [-0.2, -0.15) is 5.26 Å². The van der Waals surface area contributed by atoms with Crippen LogP contribution in [0.1, 0.15) is 29.2 Å². The summed E-state index contributed by atoms with van der Waals surface area (Å²) < 4.78 is 5.21. The Bertz CT molecular complexity index is 548. The number of hydrogen-bond acceptors (Lipinski definition) is 4. The molecule has 2 N–H and O–H groups in total. The smallest absolute Gasteiger partial charge is 0.307 e. The maximum absolute atomic E-state index is 11.0. The van der Waals surface area contributed by atoms with Crippen molar-refractivity contribution < 1.29 is 14.6 Å². The Hall–Kier alpha value is -2.06.